The monoisotopic (exact) mass is 266 g/mol. The zero-order chi connectivity index (χ0) is 14.4. The summed E-state index contributed by atoms with van der Waals surface area (Å²) in [5.41, 5.74) is 3.25. The number of nitriles is 1. The van der Waals surface area contributed by atoms with Gasteiger partial charge in [-0.3, -0.25) is 5.32 Å². The third-order valence-corrected chi connectivity index (χ3v) is 3.17. The fourth-order valence-corrected chi connectivity index (χ4v) is 2.17. The molecule has 0 aliphatic rings. The number of aryl methyl sites for hydroxylation is 1. The molecule has 0 aliphatic carbocycles. The van der Waals surface area contributed by atoms with E-state index in [0.717, 1.165) is 11.3 Å². The first-order chi connectivity index (χ1) is 9.74. The lowest BCUT2D eigenvalue weighted by Crippen LogP contribution is -2.20. The molecule has 0 saturated heterocycles. The second-order valence-corrected chi connectivity index (χ2v) is 4.67. The van der Waals surface area contributed by atoms with E-state index < -0.39 is 0 Å². The molecule has 0 spiro atoms. The summed E-state index contributed by atoms with van der Waals surface area (Å²) in [5.74, 6) is 0.732. The number of hydrogen-bond donors (Lipinski definition) is 1. The van der Waals surface area contributed by atoms with Gasteiger partial charge in [0.05, 0.1) is 13.2 Å². The van der Waals surface area contributed by atoms with Crippen LogP contribution >= 0.6 is 0 Å². The number of benzene rings is 2. The van der Waals surface area contributed by atoms with Crippen LogP contribution in [0.3, 0.4) is 0 Å². The molecule has 0 radical (unpaired) electrons. The molecule has 20 heavy (non-hydrogen) atoms. The van der Waals surface area contributed by atoms with Crippen LogP contribution < -0.4 is 10.1 Å². The molecular formula is C17H18N2O. The standard InChI is InChI=1S/C17H18N2O/c1-13-6-5-7-14(10-13)12-19-16(11-18)15-8-3-4-9-17(15)20-2/h3-10,16,19H,12H2,1-2H3. The highest BCUT2D eigenvalue weighted by atomic mass is 16.5. The molecule has 0 aliphatic heterocycles. The van der Waals surface area contributed by atoms with Gasteiger partial charge in [-0.2, -0.15) is 5.26 Å². The Morgan fingerprint density at radius 1 is 1.20 bits per heavy atom. The molecule has 0 fully saturated rings. The topological polar surface area (TPSA) is 45.0 Å². The number of methoxy groups -OCH3 is 1. The number of ether oxygens (including phenoxy) is 1. The van der Waals surface area contributed by atoms with Crippen LogP contribution in [-0.4, -0.2) is 7.11 Å². The van der Waals surface area contributed by atoms with Crippen molar-refractivity contribution < 1.29 is 4.74 Å². The van der Waals surface area contributed by atoms with Gasteiger partial charge < -0.3 is 4.74 Å². The first kappa shape index (κ1) is 14.1. The summed E-state index contributed by atoms with van der Waals surface area (Å²) in [6.07, 6.45) is 0. The first-order valence-corrected chi connectivity index (χ1v) is 6.56. The van der Waals surface area contributed by atoms with E-state index in [0.29, 0.717) is 6.54 Å². The summed E-state index contributed by atoms with van der Waals surface area (Å²) >= 11 is 0. The molecular weight excluding hydrogens is 248 g/mol. The summed E-state index contributed by atoms with van der Waals surface area (Å²) in [6.45, 7) is 2.71. The lowest BCUT2D eigenvalue weighted by atomic mass is 10.1. The van der Waals surface area contributed by atoms with Gasteiger partial charge in [0.2, 0.25) is 0 Å². The molecule has 3 heteroatoms. The minimum Gasteiger partial charge on any atom is -0.496 e. The van der Waals surface area contributed by atoms with Crippen molar-refractivity contribution >= 4 is 0 Å². The largest absolute Gasteiger partial charge is 0.496 e. The molecule has 0 aromatic heterocycles. The molecule has 2 aromatic rings. The second-order valence-electron chi connectivity index (χ2n) is 4.67. The summed E-state index contributed by atoms with van der Waals surface area (Å²) in [5, 5.41) is 12.6. The van der Waals surface area contributed by atoms with Crippen LogP contribution in [0.5, 0.6) is 5.75 Å². The van der Waals surface area contributed by atoms with Crippen molar-refractivity contribution in [3.05, 3.63) is 65.2 Å². The van der Waals surface area contributed by atoms with Crippen LogP contribution in [0.4, 0.5) is 0 Å². The van der Waals surface area contributed by atoms with Gasteiger partial charge in [-0.1, -0.05) is 48.0 Å². The smallest absolute Gasteiger partial charge is 0.125 e. The van der Waals surface area contributed by atoms with Gasteiger partial charge >= 0.3 is 0 Å². The molecule has 2 aromatic carbocycles. The SMILES string of the molecule is COc1ccccc1C(C#N)NCc1cccc(C)c1. The molecule has 1 atom stereocenters. The van der Waals surface area contributed by atoms with Gasteiger partial charge in [0.25, 0.3) is 0 Å². The van der Waals surface area contributed by atoms with E-state index in [2.05, 4.69) is 36.5 Å². The third kappa shape index (κ3) is 3.37. The number of para-hydroxylation sites is 1. The van der Waals surface area contributed by atoms with Gasteiger partial charge in [-0.15, -0.1) is 0 Å². The van der Waals surface area contributed by atoms with Crippen molar-refractivity contribution in [1.82, 2.24) is 5.32 Å². The van der Waals surface area contributed by atoms with Crippen molar-refractivity contribution in [2.75, 3.05) is 7.11 Å². The van der Waals surface area contributed by atoms with E-state index in [9.17, 15) is 5.26 Å². The molecule has 0 bridgehead atoms. The Hall–Kier alpha value is -2.31. The summed E-state index contributed by atoms with van der Waals surface area (Å²) < 4.78 is 5.31. The van der Waals surface area contributed by atoms with Crippen LogP contribution in [0.1, 0.15) is 22.7 Å². The molecule has 3 nitrogen and oxygen atoms in total. The number of nitrogens with one attached hydrogen (secondary N) is 1. The van der Waals surface area contributed by atoms with Crippen molar-refractivity contribution in [2.24, 2.45) is 0 Å². The van der Waals surface area contributed by atoms with Crippen molar-refractivity contribution in [1.29, 1.82) is 5.26 Å². The Bertz CT molecular complexity index is 616. The molecule has 2 rings (SSSR count). The van der Waals surface area contributed by atoms with Gasteiger partial charge in [0.15, 0.2) is 0 Å². The molecule has 1 unspecified atom stereocenters. The van der Waals surface area contributed by atoms with Gasteiger partial charge in [0.1, 0.15) is 11.8 Å². The molecule has 0 amide bonds. The zero-order valence-corrected chi connectivity index (χ0v) is 11.8. The van der Waals surface area contributed by atoms with E-state index in [1.807, 2.05) is 30.3 Å². The van der Waals surface area contributed by atoms with Crippen LogP contribution in [0.15, 0.2) is 48.5 Å². The first-order valence-electron chi connectivity index (χ1n) is 6.56. The fraction of sp³-hybridized carbons (Fsp3) is 0.235. The van der Waals surface area contributed by atoms with Crippen molar-refractivity contribution in [2.45, 2.75) is 19.5 Å². The third-order valence-electron chi connectivity index (χ3n) is 3.17. The lowest BCUT2D eigenvalue weighted by molar-refractivity contribution is 0.405. The minimum absolute atomic E-state index is 0.383. The number of nitrogens with zero attached hydrogens (tertiary/aromatic N) is 1. The maximum absolute atomic E-state index is 9.36. The van der Waals surface area contributed by atoms with Crippen LogP contribution in [0, 0.1) is 18.3 Å². The zero-order valence-electron chi connectivity index (χ0n) is 11.8. The Labute approximate surface area is 119 Å². The predicted octanol–water partition coefficient (Wildman–Crippen LogP) is 3.36. The van der Waals surface area contributed by atoms with E-state index in [1.54, 1.807) is 7.11 Å². The fourth-order valence-electron chi connectivity index (χ4n) is 2.17. The Kier molecular flexibility index (Phi) is 4.75. The van der Waals surface area contributed by atoms with Gasteiger partial charge in [-0.05, 0) is 18.6 Å². The van der Waals surface area contributed by atoms with Crippen LogP contribution in [0.2, 0.25) is 0 Å². The Morgan fingerprint density at radius 2 is 2.00 bits per heavy atom. The highest BCUT2D eigenvalue weighted by molar-refractivity contribution is 5.38. The van der Waals surface area contributed by atoms with Crippen LogP contribution in [0.25, 0.3) is 0 Å². The van der Waals surface area contributed by atoms with Gasteiger partial charge in [0, 0.05) is 12.1 Å². The second kappa shape index (κ2) is 6.74. The van der Waals surface area contributed by atoms with E-state index >= 15 is 0 Å². The maximum atomic E-state index is 9.36. The van der Waals surface area contributed by atoms with Crippen molar-refractivity contribution in [3.63, 3.8) is 0 Å². The van der Waals surface area contributed by atoms with E-state index in [1.165, 1.54) is 11.1 Å². The van der Waals surface area contributed by atoms with Gasteiger partial charge in [-0.25, -0.2) is 0 Å². The Morgan fingerprint density at radius 3 is 2.70 bits per heavy atom. The summed E-state index contributed by atoms with van der Waals surface area (Å²) in [6, 6.07) is 17.8. The normalized spacial score (nSPS) is 11.7. The molecule has 102 valence electrons. The highest BCUT2D eigenvalue weighted by Crippen LogP contribution is 2.24. The molecule has 0 heterocycles. The maximum Gasteiger partial charge on any atom is 0.125 e. The summed E-state index contributed by atoms with van der Waals surface area (Å²) in [4.78, 5) is 0. The number of hydrogen-bond acceptors (Lipinski definition) is 3. The number of rotatable bonds is 5. The lowest BCUT2D eigenvalue weighted by Gasteiger charge is -2.15. The molecule has 0 saturated carbocycles. The van der Waals surface area contributed by atoms with Crippen LogP contribution in [-0.2, 0) is 6.54 Å². The van der Waals surface area contributed by atoms with E-state index in [-0.39, 0.29) is 6.04 Å². The predicted molar refractivity (Wildman–Crippen MR) is 79.4 cm³/mol. The average Bonchev–Trinajstić information content (AvgIpc) is 2.48. The molecule has 1 N–H and O–H groups in total. The minimum atomic E-state index is -0.383. The van der Waals surface area contributed by atoms with Crippen molar-refractivity contribution in [3.8, 4) is 11.8 Å². The Balaban J connectivity index is 2.12. The van der Waals surface area contributed by atoms with E-state index in [4.69, 9.17) is 4.74 Å². The summed E-state index contributed by atoms with van der Waals surface area (Å²) in [7, 11) is 1.62. The average molecular weight is 266 g/mol. The quantitative estimate of drug-likeness (QED) is 0.902. The highest BCUT2D eigenvalue weighted by Gasteiger charge is 2.14.